The summed E-state index contributed by atoms with van der Waals surface area (Å²) >= 11 is 1.61. The highest BCUT2D eigenvalue weighted by molar-refractivity contribution is 7.07. The molecule has 0 saturated carbocycles. The molecule has 1 fully saturated rings. The SMILES string of the molecule is CCC1(C(=O)O)CCN(Cc2cscn2)CC1. The van der Waals surface area contributed by atoms with Gasteiger partial charge in [-0.2, -0.15) is 0 Å². The number of rotatable bonds is 4. The van der Waals surface area contributed by atoms with Crippen LogP contribution in [0.15, 0.2) is 10.9 Å². The van der Waals surface area contributed by atoms with Gasteiger partial charge < -0.3 is 5.11 Å². The number of piperidine rings is 1. The van der Waals surface area contributed by atoms with Crippen LogP contribution in [0.25, 0.3) is 0 Å². The molecule has 94 valence electrons. The lowest BCUT2D eigenvalue weighted by atomic mass is 9.76. The van der Waals surface area contributed by atoms with E-state index >= 15 is 0 Å². The Bertz CT molecular complexity index is 370. The van der Waals surface area contributed by atoms with Crippen LogP contribution >= 0.6 is 11.3 Å². The van der Waals surface area contributed by atoms with Gasteiger partial charge in [-0.15, -0.1) is 11.3 Å². The summed E-state index contributed by atoms with van der Waals surface area (Å²) in [5.41, 5.74) is 2.44. The molecule has 1 aromatic heterocycles. The second kappa shape index (κ2) is 5.14. The van der Waals surface area contributed by atoms with Crippen LogP contribution in [0.2, 0.25) is 0 Å². The minimum Gasteiger partial charge on any atom is -0.481 e. The van der Waals surface area contributed by atoms with Gasteiger partial charge in [-0.25, -0.2) is 4.98 Å². The van der Waals surface area contributed by atoms with E-state index in [0.717, 1.165) is 44.6 Å². The summed E-state index contributed by atoms with van der Waals surface area (Å²) in [5.74, 6) is -0.631. The first-order valence-electron chi connectivity index (χ1n) is 5.99. The maximum Gasteiger partial charge on any atom is 0.309 e. The van der Waals surface area contributed by atoms with Gasteiger partial charge in [0.05, 0.1) is 16.6 Å². The van der Waals surface area contributed by atoms with E-state index in [-0.39, 0.29) is 0 Å². The molecular formula is C12H18N2O2S. The van der Waals surface area contributed by atoms with Crippen LogP contribution in [0.4, 0.5) is 0 Å². The fourth-order valence-corrected chi connectivity index (χ4v) is 2.95. The van der Waals surface area contributed by atoms with E-state index in [1.165, 1.54) is 0 Å². The first kappa shape index (κ1) is 12.5. The van der Waals surface area contributed by atoms with Gasteiger partial charge in [-0.05, 0) is 32.4 Å². The molecule has 0 aliphatic carbocycles. The minimum atomic E-state index is -0.631. The number of likely N-dealkylation sites (tertiary alicyclic amines) is 1. The number of carboxylic acid groups (broad SMARTS) is 1. The Kier molecular flexibility index (Phi) is 3.79. The van der Waals surface area contributed by atoms with Crippen LogP contribution in [0.5, 0.6) is 0 Å². The summed E-state index contributed by atoms with van der Waals surface area (Å²) in [4.78, 5) is 17.9. The fraction of sp³-hybridized carbons (Fsp3) is 0.667. The van der Waals surface area contributed by atoms with Crippen molar-refractivity contribution in [1.82, 2.24) is 9.88 Å². The Balaban J connectivity index is 1.91. The van der Waals surface area contributed by atoms with Gasteiger partial charge in [0.2, 0.25) is 0 Å². The lowest BCUT2D eigenvalue weighted by Gasteiger charge is -2.38. The standard InChI is InChI=1S/C12H18N2O2S/c1-2-12(11(15)16)3-5-14(6-4-12)7-10-8-17-9-13-10/h8-9H,2-7H2,1H3,(H,15,16). The highest BCUT2D eigenvalue weighted by atomic mass is 32.1. The van der Waals surface area contributed by atoms with Crippen molar-refractivity contribution in [3.63, 3.8) is 0 Å². The number of hydrogen-bond acceptors (Lipinski definition) is 4. The molecule has 1 aromatic rings. The Morgan fingerprint density at radius 1 is 1.59 bits per heavy atom. The third kappa shape index (κ3) is 2.66. The van der Waals surface area contributed by atoms with Crippen LogP contribution < -0.4 is 0 Å². The monoisotopic (exact) mass is 254 g/mol. The van der Waals surface area contributed by atoms with E-state index in [2.05, 4.69) is 15.3 Å². The smallest absolute Gasteiger partial charge is 0.309 e. The van der Waals surface area contributed by atoms with Gasteiger partial charge in [0.25, 0.3) is 0 Å². The molecule has 0 bridgehead atoms. The molecule has 0 unspecified atom stereocenters. The largest absolute Gasteiger partial charge is 0.481 e. The average Bonchev–Trinajstić information content (AvgIpc) is 2.83. The zero-order valence-corrected chi connectivity index (χ0v) is 10.9. The topological polar surface area (TPSA) is 53.4 Å². The molecule has 4 nitrogen and oxygen atoms in total. The van der Waals surface area contributed by atoms with E-state index in [1.807, 2.05) is 12.4 Å². The van der Waals surface area contributed by atoms with Crippen molar-refractivity contribution in [2.24, 2.45) is 5.41 Å². The normalized spacial score (nSPS) is 20.3. The first-order chi connectivity index (χ1) is 8.16. The number of thiazole rings is 1. The van der Waals surface area contributed by atoms with Crippen LogP contribution in [-0.2, 0) is 11.3 Å². The molecule has 1 aliphatic rings. The summed E-state index contributed by atoms with van der Waals surface area (Å²) in [6.07, 6.45) is 2.23. The summed E-state index contributed by atoms with van der Waals surface area (Å²) in [7, 11) is 0. The number of aromatic nitrogens is 1. The molecule has 0 radical (unpaired) electrons. The number of aliphatic carboxylic acids is 1. The molecule has 0 spiro atoms. The van der Waals surface area contributed by atoms with Gasteiger partial charge in [0.1, 0.15) is 0 Å². The van der Waals surface area contributed by atoms with Crippen molar-refractivity contribution < 1.29 is 9.90 Å². The highest BCUT2D eigenvalue weighted by Crippen LogP contribution is 2.35. The summed E-state index contributed by atoms with van der Waals surface area (Å²) in [5, 5.41) is 11.4. The second-order valence-electron chi connectivity index (χ2n) is 4.69. The number of carboxylic acids is 1. The summed E-state index contributed by atoms with van der Waals surface area (Å²) in [6, 6.07) is 0. The maximum atomic E-state index is 11.3. The van der Waals surface area contributed by atoms with Crippen LogP contribution in [-0.4, -0.2) is 34.0 Å². The zero-order valence-electron chi connectivity index (χ0n) is 10.1. The van der Waals surface area contributed by atoms with Gasteiger partial charge in [0, 0.05) is 11.9 Å². The molecule has 2 heterocycles. The predicted octanol–water partition coefficient (Wildman–Crippen LogP) is 2.22. The molecule has 0 aromatic carbocycles. The quantitative estimate of drug-likeness (QED) is 0.895. The number of nitrogens with zero attached hydrogens (tertiary/aromatic N) is 2. The number of carbonyl (C=O) groups is 1. The third-order valence-corrected chi connectivity index (χ3v) is 4.45. The molecule has 2 rings (SSSR count). The molecule has 5 heteroatoms. The molecule has 1 saturated heterocycles. The van der Waals surface area contributed by atoms with Gasteiger partial charge >= 0.3 is 5.97 Å². The van der Waals surface area contributed by atoms with Gasteiger partial charge in [-0.3, -0.25) is 9.69 Å². The molecule has 17 heavy (non-hydrogen) atoms. The van der Waals surface area contributed by atoms with E-state index in [1.54, 1.807) is 11.3 Å². The van der Waals surface area contributed by atoms with Gasteiger partial charge in [0.15, 0.2) is 0 Å². The van der Waals surface area contributed by atoms with E-state index < -0.39 is 11.4 Å². The highest BCUT2D eigenvalue weighted by Gasteiger charge is 2.39. The lowest BCUT2D eigenvalue weighted by molar-refractivity contribution is -0.152. The molecular weight excluding hydrogens is 236 g/mol. The van der Waals surface area contributed by atoms with Crippen LogP contribution in [0, 0.1) is 5.41 Å². The Labute approximate surface area is 105 Å². The molecule has 0 amide bonds. The van der Waals surface area contributed by atoms with Crippen LogP contribution in [0.1, 0.15) is 31.9 Å². The first-order valence-corrected chi connectivity index (χ1v) is 6.93. The predicted molar refractivity (Wildman–Crippen MR) is 67.0 cm³/mol. The Morgan fingerprint density at radius 3 is 2.76 bits per heavy atom. The van der Waals surface area contributed by atoms with E-state index in [9.17, 15) is 9.90 Å². The number of hydrogen-bond donors (Lipinski definition) is 1. The van der Waals surface area contributed by atoms with Crippen molar-refractivity contribution in [1.29, 1.82) is 0 Å². The molecule has 0 atom stereocenters. The Morgan fingerprint density at radius 2 is 2.29 bits per heavy atom. The van der Waals surface area contributed by atoms with Crippen LogP contribution in [0.3, 0.4) is 0 Å². The van der Waals surface area contributed by atoms with Crippen molar-refractivity contribution >= 4 is 17.3 Å². The fourth-order valence-electron chi connectivity index (χ4n) is 2.40. The zero-order chi connectivity index (χ0) is 12.3. The third-order valence-electron chi connectivity index (χ3n) is 3.81. The maximum absolute atomic E-state index is 11.3. The van der Waals surface area contributed by atoms with Crippen molar-refractivity contribution in [2.75, 3.05) is 13.1 Å². The van der Waals surface area contributed by atoms with E-state index in [0.29, 0.717) is 0 Å². The minimum absolute atomic E-state index is 0.488. The summed E-state index contributed by atoms with van der Waals surface area (Å²) in [6.45, 7) is 4.54. The van der Waals surface area contributed by atoms with Gasteiger partial charge in [-0.1, -0.05) is 6.92 Å². The molecule has 1 aliphatic heterocycles. The Hall–Kier alpha value is -0.940. The van der Waals surface area contributed by atoms with Crippen molar-refractivity contribution in [3.05, 3.63) is 16.6 Å². The lowest BCUT2D eigenvalue weighted by Crippen LogP contribution is -2.43. The van der Waals surface area contributed by atoms with Crippen molar-refractivity contribution in [2.45, 2.75) is 32.7 Å². The average molecular weight is 254 g/mol. The van der Waals surface area contributed by atoms with Crippen molar-refractivity contribution in [3.8, 4) is 0 Å². The second-order valence-corrected chi connectivity index (χ2v) is 5.41. The summed E-state index contributed by atoms with van der Waals surface area (Å²) < 4.78 is 0. The van der Waals surface area contributed by atoms with E-state index in [4.69, 9.17) is 0 Å². The molecule has 1 N–H and O–H groups in total.